The van der Waals surface area contributed by atoms with Crippen LogP contribution in [0.15, 0.2) is 35.6 Å². The number of guanidine groups is 1. The Kier molecular flexibility index (Phi) is 8.78. The van der Waals surface area contributed by atoms with E-state index in [1.54, 1.807) is 0 Å². The predicted octanol–water partition coefficient (Wildman–Crippen LogP) is 1.22. The van der Waals surface area contributed by atoms with Crippen molar-refractivity contribution < 1.29 is 4.74 Å². The molecule has 2 aromatic rings. The van der Waals surface area contributed by atoms with E-state index in [-0.39, 0.29) is 24.0 Å². The van der Waals surface area contributed by atoms with Gasteiger partial charge in [0.1, 0.15) is 6.33 Å². The molecule has 1 aromatic heterocycles. The summed E-state index contributed by atoms with van der Waals surface area (Å²) in [5, 5.41) is 9.91. The van der Waals surface area contributed by atoms with Crippen molar-refractivity contribution in [1.82, 2.24) is 25.4 Å². The van der Waals surface area contributed by atoms with E-state index in [2.05, 4.69) is 30.4 Å². The zero-order chi connectivity index (χ0) is 17.3. The lowest BCUT2D eigenvalue weighted by Crippen LogP contribution is -2.39. The van der Waals surface area contributed by atoms with Crippen molar-refractivity contribution in [2.45, 2.75) is 13.0 Å². The summed E-state index contributed by atoms with van der Waals surface area (Å²) in [6.45, 7) is 6.13. The van der Waals surface area contributed by atoms with E-state index < -0.39 is 0 Å². The lowest BCUT2D eigenvalue weighted by atomic mass is 10.1. The quantitative estimate of drug-likeness (QED) is 0.243. The summed E-state index contributed by atoms with van der Waals surface area (Å²) < 4.78 is 5.34. The minimum Gasteiger partial charge on any atom is -0.379 e. The lowest BCUT2D eigenvalue weighted by Gasteiger charge is -2.26. The van der Waals surface area contributed by atoms with Crippen LogP contribution in [-0.4, -0.2) is 65.4 Å². The molecular formula is C17H26IN7O. The van der Waals surface area contributed by atoms with E-state index in [9.17, 15) is 0 Å². The third kappa shape index (κ3) is 6.54. The second kappa shape index (κ2) is 11.1. The second-order valence-corrected chi connectivity index (χ2v) is 5.97. The molecule has 2 heterocycles. The largest absolute Gasteiger partial charge is 0.379 e. The van der Waals surface area contributed by atoms with Gasteiger partial charge in [0.25, 0.3) is 0 Å². The van der Waals surface area contributed by atoms with Crippen LogP contribution in [0.1, 0.15) is 12.0 Å². The van der Waals surface area contributed by atoms with Crippen LogP contribution in [0.4, 0.5) is 0 Å². The average Bonchev–Trinajstić information content (AvgIpc) is 3.19. The van der Waals surface area contributed by atoms with Gasteiger partial charge >= 0.3 is 0 Å². The summed E-state index contributed by atoms with van der Waals surface area (Å²) in [6, 6.07) is 8.03. The van der Waals surface area contributed by atoms with E-state index in [0.29, 0.717) is 12.5 Å². The number of halogens is 1. The second-order valence-electron chi connectivity index (χ2n) is 5.97. The fourth-order valence-corrected chi connectivity index (χ4v) is 2.74. The number of morpholine rings is 1. The molecular weight excluding hydrogens is 445 g/mol. The molecule has 0 atom stereocenters. The maximum Gasteiger partial charge on any atom is 0.188 e. The van der Waals surface area contributed by atoms with Crippen LogP contribution in [0, 0.1) is 0 Å². The van der Waals surface area contributed by atoms with Gasteiger partial charge in [0.2, 0.25) is 0 Å². The van der Waals surface area contributed by atoms with Crippen LogP contribution in [0.25, 0.3) is 11.4 Å². The Morgan fingerprint density at radius 2 is 2.19 bits per heavy atom. The first-order valence-corrected chi connectivity index (χ1v) is 8.60. The third-order valence-electron chi connectivity index (χ3n) is 4.11. The Morgan fingerprint density at radius 3 is 2.96 bits per heavy atom. The van der Waals surface area contributed by atoms with E-state index in [0.717, 1.165) is 62.8 Å². The van der Waals surface area contributed by atoms with Gasteiger partial charge in [-0.3, -0.25) is 10.00 Å². The van der Waals surface area contributed by atoms with Crippen LogP contribution in [0.2, 0.25) is 0 Å². The molecule has 3 rings (SSSR count). The summed E-state index contributed by atoms with van der Waals surface area (Å²) in [5.74, 6) is 1.23. The van der Waals surface area contributed by atoms with Crippen LogP contribution in [-0.2, 0) is 11.3 Å². The van der Waals surface area contributed by atoms with Gasteiger partial charge in [-0.2, -0.15) is 5.10 Å². The summed E-state index contributed by atoms with van der Waals surface area (Å²) in [4.78, 5) is 11.0. The molecule has 0 aliphatic carbocycles. The minimum absolute atomic E-state index is 0. The first kappa shape index (κ1) is 20.6. The topological polar surface area (TPSA) is 104 Å². The zero-order valence-corrected chi connectivity index (χ0v) is 17.1. The molecule has 0 spiro atoms. The normalized spacial score (nSPS) is 15.5. The van der Waals surface area contributed by atoms with Gasteiger partial charge in [-0.15, -0.1) is 24.0 Å². The summed E-state index contributed by atoms with van der Waals surface area (Å²) in [7, 11) is 0. The number of benzene rings is 1. The molecule has 1 aliphatic heterocycles. The number of hydrogen-bond acceptors (Lipinski definition) is 5. The average molecular weight is 471 g/mol. The highest BCUT2D eigenvalue weighted by molar-refractivity contribution is 14.0. The number of H-pyrrole nitrogens is 1. The molecule has 0 radical (unpaired) electrons. The van der Waals surface area contributed by atoms with E-state index in [1.807, 2.05) is 24.3 Å². The molecule has 1 aromatic carbocycles. The molecule has 26 heavy (non-hydrogen) atoms. The van der Waals surface area contributed by atoms with Gasteiger partial charge in [0.15, 0.2) is 11.8 Å². The summed E-state index contributed by atoms with van der Waals surface area (Å²) >= 11 is 0. The molecule has 8 nitrogen and oxygen atoms in total. The highest BCUT2D eigenvalue weighted by Crippen LogP contribution is 2.15. The first-order valence-electron chi connectivity index (χ1n) is 8.60. The highest BCUT2D eigenvalue weighted by atomic mass is 127. The maximum atomic E-state index is 5.95. The SMILES string of the molecule is I.NC(=NCc1cccc(-c2ncn[nH]2)c1)NCCCN1CCOCC1. The fraction of sp³-hybridized carbons (Fsp3) is 0.471. The number of aromatic nitrogens is 3. The number of nitrogens with zero attached hydrogens (tertiary/aromatic N) is 4. The Hall–Kier alpha value is -1.72. The van der Waals surface area contributed by atoms with Gasteiger partial charge in [-0.1, -0.05) is 18.2 Å². The van der Waals surface area contributed by atoms with Crippen LogP contribution >= 0.6 is 24.0 Å². The van der Waals surface area contributed by atoms with Crippen molar-refractivity contribution in [3.8, 4) is 11.4 Å². The maximum absolute atomic E-state index is 5.95. The van der Waals surface area contributed by atoms with E-state index >= 15 is 0 Å². The number of aliphatic imine (C=N–C) groups is 1. The fourth-order valence-electron chi connectivity index (χ4n) is 2.74. The molecule has 0 unspecified atom stereocenters. The number of ether oxygens (including phenoxy) is 1. The van der Waals surface area contributed by atoms with Crippen molar-refractivity contribution in [1.29, 1.82) is 0 Å². The van der Waals surface area contributed by atoms with Gasteiger partial charge in [0, 0.05) is 25.2 Å². The minimum atomic E-state index is 0. The number of rotatable bonds is 7. The Balaban J connectivity index is 0.00000243. The molecule has 1 fully saturated rings. The van der Waals surface area contributed by atoms with Crippen LogP contribution < -0.4 is 11.1 Å². The van der Waals surface area contributed by atoms with Crippen molar-refractivity contribution in [3.63, 3.8) is 0 Å². The Labute approximate surface area is 170 Å². The molecule has 0 saturated carbocycles. The molecule has 1 saturated heterocycles. The van der Waals surface area contributed by atoms with E-state index in [1.165, 1.54) is 6.33 Å². The third-order valence-corrected chi connectivity index (χ3v) is 4.11. The number of hydrogen-bond donors (Lipinski definition) is 3. The van der Waals surface area contributed by atoms with Gasteiger partial charge in [-0.25, -0.2) is 9.98 Å². The number of nitrogens with two attached hydrogens (primary N) is 1. The molecule has 4 N–H and O–H groups in total. The molecule has 0 amide bonds. The highest BCUT2D eigenvalue weighted by Gasteiger charge is 2.09. The van der Waals surface area contributed by atoms with Crippen LogP contribution in [0.3, 0.4) is 0 Å². The van der Waals surface area contributed by atoms with Crippen molar-refractivity contribution in [3.05, 3.63) is 36.2 Å². The van der Waals surface area contributed by atoms with Crippen molar-refractivity contribution in [2.75, 3.05) is 39.4 Å². The van der Waals surface area contributed by atoms with Gasteiger partial charge in [-0.05, 0) is 24.6 Å². The molecule has 0 bridgehead atoms. The zero-order valence-electron chi connectivity index (χ0n) is 14.7. The Bertz CT molecular complexity index is 672. The van der Waals surface area contributed by atoms with Crippen LogP contribution in [0.5, 0.6) is 0 Å². The number of aromatic amines is 1. The molecule has 9 heteroatoms. The lowest BCUT2D eigenvalue weighted by molar-refractivity contribution is 0.0376. The van der Waals surface area contributed by atoms with Crippen molar-refractivity contribution >= 4 is 29.9 Å². The Morgan fingerprint density at radius 1 is 1.35 bits per heavy atom. The van der Waals surface area contributed by atoms with Gasteiger partial charge in [0.05, 0.1) is 19.8 Å². The van der Waals surface area contributed by atoms with Gasteiger partial charge < -0.3 is 15.8 Å². The van der Waals surface area contributed by atoms with Crippen molar-refractivity contribution in [2.24, 2.45) is 10.7 Å². The first-order chi connectivity index (χ1) is 12.3. The standard InChI is InChI=1S/C17H25N7O.HI/c18-17(19-5-2-6-24-7-9-25-10-8-24)20-12-14-3-1-4-15(11-14)16-21-13-22-23-16;/h1,3-4,11,13H,2,5-10,12H2,(H3,18,19,20)(H,21,22,23);1H. The van der Waals surface area contributed by atoms with E-state index in [4.69, 9.17) is 10.5 Å². The smallest absolute Gasteiger partial charge is 0.188 e. The summed E-state index contributed by atoms with van der Waals surface area (Å²) in [6.07, 6.45) is 2.54. The monoisotopic (exact) mass is 471 g/mol. The molecule has 142 valence electrons. The summed E-state index contributed by atoms with van der Waals surface area (Å²) in [5.41, 5.74) is 8.01. The number of nitrogens with one attached hydrogen (secondary N) is 2. The predicted molar refractivity (Wildman–Crippen MR) is 112 cm³/mol. The molecule has 1 aliphatic rings.